The third-order valence-corrected chi connectivity index (χ3v) is 2.68. The molecular formula is C9H12N6O. The van der Waals surface area contributed by atoms with Crippen LogP contribution in [0.15, 0.2) is 6.33 Å². The fourth-order valence-corrected chi connectivity index (χ4v) is 1.85. The summed E-state index contributed by atoms with van der Waals surface area (Å²) in [5.41, 5.74) is 1.52. The van der Waals surface area contributed by atoms with Crippen LogP contribution in [0.4, 0.5) is 5.82 Å². The molecule has 0 unspecified atom stereocenters. The average molecular weight is 220 g/mol. The summed E-state index contributed by atoms with van der Waals surface area (Å²) in [6.07, 6.45) is 1.55. The van der Waals surface area contributed by atoms with Crippen molar-refractivity contribution in [3.63, 3.8) is 0 Å². The van der Waals surface area contributed by atoms with Crippen LogP contribution in [0.2, 0.25) is 0 Å². The van der Waals surface area contributed by atoms with Crippen molar-refractivity contribution >= 4 is 17.0 Å². The number of ether oxygens (including phenoxy) is 1. The number of fused-ring (bicyclic) bond motifs is 1. The number of morpholine rings is 1. The van der Waals surface area contributed by atoms with Crippen molar-refractivity contribution in [2.24, 2.45) is 7.05 Å². The van der Waals surface area contributed by atoms with Gasteiger partial charge in [0.25, 0.3) is 0 Å². The van der Waals surface area contributed by atoms with Crippen molar-refractivity contribution in [1.82, 2.24) is 25.0 Å². The molecule has 0 spiro atoms. The van der Waals surface area contributed by atoms with Crippen LogP contribution >= 0.6 is 0 Å². The van der Waals surface area contributed by atoms with Crippen molar-refractivity contribution in [2.75, 3.05) is 31.2 Å². The predicted octanol–water partition coefficient (Wildman–Crippen LogP) is -0.405. The lowest BCUT2D eigenvalue weighted by atomic mass is 10.4. The lowest BCUT2D eigenvalue weighted by Crippen LogP contribution is -2.36. The lowest BCUT2D eigenvalue weighted by molar-refractivity contribution is 0.122. The van der Waals surface area contributed by atoms with Crippen molar-refractivity contribution in [3.8, 4) is 0 Å². The van der Waals surface area contributed by atoms with Crippen LogP contribution in [0.5, 0.6) is 0 Å². The first-order chi connectivity index (χ1) is 7.86. The second-order valence-corrected chi connectivity index (χ2v) is 3.68. The van der Waals surface area contributed by atoms with Gasteiger partial charge >= 0.3 is 0 Å². The number of hydrogen-bond acceptors (Lipinski definition) is 6. The van der Waals surface area contributed by atoms with Gasteiger partial charge in [-0.15, -0.1) is 5.10 Å². The van der Waals surface area contributed by atoms with Crippen molar-refractivity contribution < 1.29 is 4.74 Å². The summed E-state index contributed by atoms with van der Waals surface area (Å²) in [4.78, 5) is 10.6. The molecule has 2 aromatic heterocycles. The van der Waals surface area contributed by atoms with Gasteiger partial charge in [-0.3, -0.25) is 0 Å². The minimum atomic E-state index is 0.728. The van der Waals surface area contributed by atoms with Crippen LogP contribution in [-0.4, -0.2) is 51.3 Å². The van der Waals surface area contributed by atoms with Crippen molar-refractivity contribution in [1.29, 1.82) is 0 Å². The molecule has 0 N–H and O–H groups in total. The number of rotatable bonds is 1. The normalized spacial score (nSPS) is 16.9. The monoisotopic (exact) mass is 220 g/mol. The molecule has 0 saturated carbocycles. The number of anilines is 1. The Morgan fingerprint density at radius 1 is 1.25 bits per heavy atom. The first-order valence-electron chi connectivity index (χ1n) is 5.19. The Morgan fingerprint density at radius 3 is 2.88 bits per heavy atom. The number of aromatic nitrogens is 5. The molecule has 1 aliphatic rings. The molecule has 3 heterocycles. The van der Waals surface area contributed by atoms with Crippen LogP contribution in [0.1, 0.15) is 0 Å². The highest BCUT2D eigenvalue weighted by atomic mass is 16.5. The van der Waals surface area contributed by atoms with E-state index in [1.807, 2.05) is 7.05 Å². The van der Waals surface area contributed by atoms with Crippen LogP contribution < -0.4 is 4.90 Å². The van der Waals surface area contributed by atoms with E-state index in [9.17, 15) is 0 Å². The summed E-state index contributed by atoms with van der Waals surface area (Å²) >= 11 is 0. The smallest absolute Gasteiger partial charge is 0.183 e. The van der Waals surface area contributed by atoms with Gasteiger partial charge in [-0.25, -0.2) is 14.6 Å². The minimum absolute atomic E-state index is 0.728. The third kappa shape index (κ3) is 1.40. The lowest BCUT2D eigenvalue weighted by Gasteiger charge is -2.27. The zero-order chi connectivity index (χ0) is 11.0. The zero-order valence-corrected chi connectivity index (χ0v) is 9.00. The van der Waals surface area contributed by atoms with Gasteiger partial charge in [-0.05, 0) is 0 Å². The molecule has 16 heavy (non-hydrogen) atoms. The molecule has 7 heteroatoms. The van der Waals surface area contributed by atoms with E-state index in [0.717, 1.165) is 43.3 Å². The zero-order valence-electron chi connectivity index (χ0n) is 9.00. The Morgan fingerprint density at radius 2 is 2.06 bits per heavy atom. The molecule has 0 amide bonds. The number of nitrogens with zero attached hydrogens (tertiary/aromatic N) is 6. The Balaban J connectivity index is 2.08. The Kier molecular flexibility index (Phi) is 2.17. The molecule has 3 rings (SSSR count). The molecular weight excluding hydrogens is 208 g/mol. The van der Waals surface area contributed by atoms with E-state index in [1.165, 1.54) is 0 Å². The second-order valence-electron chi connectivity index (χ2n) is 3.68. The average Bonchev–Trinajstić information content (AvgIpc) is 2.73. The first kappa shape index (κ1) is 9.46. The van der Waals surface area contributed by atoms with Crippen LogP contribution in [0, 0.1) is 0 Å². The Bertz CT molecular complexity index is 504. The van der Waals surface area contributed by atoms with Gasteiger partial charge in [0.05, 0.1) is 13.2 Å². The van der Waals surface area contributed by atoms with Gasteiger partial charge < -0.3 is 9.64 Å². The predicted molar refractivity (Wildman–Crippen MR) is 57.1 cm³/mol. The maximum Gasteiger partial charge on any atom is 0.183 e. The standard InChI is InChI=1S/C9H12N6O/c1-14-8-7(12-13-14)9(11-6-10-8)15-2-4-16-5-3-15/h6H,2-5H2,1H3. The summed E-state index contributed by atoms with van der Waals surface area (Å²) in [7, 11) is 1.82. The fraction of sp³-hybridized carbons (Fsp3) is 0.556. The van der Waals surface area contributed by atoms with Crippen LogP contribution in [0.25, 0.3) is 11.2 Å². The molecule has 0 aromatic carbocycles. The van der Waals surface area contributed by atoms with Gasteiger partial charge in [-0.1, -0.05) is 5.21 Å². The fourth-order valence-electron chi connectivity index (χ4n) is 1.85. The van der Waals surface area contributed by atoms with E-state index in [-0.39, 0.29) is 0 Å². The Labute approximate surface area is 92.0 Å². The largest absolute Gasteiger partial charge is 0.378 e. The Hall–Kier alpha value is -1.76. The van der Waals surface area contributed by atoms with Crippen molar-refractivity contribution in [3.05, 3.63) is 6.33 Å². The van der Waals surface area contributed by atoms with E-state index in [2.05, 4.69) is 25.2 Å². The van der Waals surface area contributed by atoms with Crippen molar-refractivity contribution in [2.45, 2.75) is 0 Å². The molecule has 0 radical (unpaired) electrons. The van der Waals surface area contributed by atoms with E-state index in [4.69, 9.17) is 4.74 Å². The quantitative estimate of drug-likeness (QED) is 0.651. The van der Waals surface area contributed by atoms with E-state index in [1.54, 1.807) is 11.0 Å². The second kappa shape index (κ2) is 3.67. The molecule has 2 aromatic rings. The SMILES string of the molecule is Cn1nnc2c(N3CCOCC3)ncnc21. The molecule has 0 aliphatic carbocycles. The van der Waals surface area contributed by atoms with Gasteiger partial charge in [0, 0.05) is 20.1 Å². The van der Waals surface area contributed by atoms with E-state index < -0.39 is 0 Å². The maximum absolute atomic E-state index is 5.31. The van der Waals surface area contributed by atoms with E-state index >= 15 is 0 Å². The topological polar surface area (TPSA) is 69.0 Å². The molecule has 84 valence electrons. The maximum atomic E-state index is 5.31. The van der Waals surface area contributed by atoms with Crippen LogP contribution in [-0.2, 0) is 11.8 Å². The molecule has 7 nitrogen and oxygen atoms in total. The summed E-state index contributed by atoms with van der Waals surface area (Å²) in [5, 5.41) is 8.06. The van der Waals surface area contributed by atoms with Gasteiger partial charge in [0.1, 0.15) is 6.33 Å². The van der Waals surface area contributed by atoms with Gasteiger partial charge in [0.2, 0.25) is 0 Å². The van der Waals surface area contributed by atoms with E-state index in [0.29, 0.717) is 0 Å². The number of hydrogen-bond donors (Lipinski definition) is 0. The molecule has 1 fully saturated rings. The molecule has 1 aliphatic heterocycles. The number of aryl methyl sites for hydroxylation is 1. The summed E-state index contributed by atoms with van der Waals surface area (Å²) in [6.45, 7) is 3.13. The summed E-state index contributed by atoms with van der Waals surface area (Å²) < 4.78 is 6.97. The highest BCUT2D eigenvalue weighted by Gasteiger charge is 2.18. The van der Waals surface area contributed by atoms with Crippen LogP contribution in [0.3, 0.4) is 0 Å². The first-order valence-corrected chi connectivity index (χ1v) is 5.19. The third-order valence-electron chi connectivity index (χ3n) is 2.68. The highest BCUT2D eigenvalue weighted by Crippen LogP contribution is 2.20. The molecule has 0 atom stereocenters. The van der Waals surface area contributed by atoms with Gasteiger partial charge in [-0.2, -0.15) is 0 Å². The molecule has 1 saturated heterocycles. The summed E-state index contributed by atoms with van der Waals surface area (Å²) in [6, 6.07) is 0. The minimum Gasteiger partial charge on any atom is -0.378 e. The van der Waals surface area contributed by atoms with Gasteiger partial charge in [0.15, 0.2) is 17.0 Å². The summed E-state index contributed by atoms with van der Waals surface area (Å²) in [5.74, 6) is 0.849. The molecule has 0 bridgehead atoms. The highest BCUT2D eigenvalue weighted by molar-refractivity contribution is 5.82.